The van der Waals surface area contributed by atoms with Crippen LogP contribution in [0.1, 0.15) is 51.0 Å². The maximum absolute atomic E-state index is 13.0. The molecule has 1 amide bonds. The SMILES string of the molecule is Cc1ccc(S(=O)(=O)N2CCC[C@@H]2C(=O)N[C@H]2CCCC[C@@H]2C)cc1. The van der Waals surface area contributed by atoms with Gasteiger partial charge in [-0.3, -0.25) is 4.79 Å². The molecule has 6 heteroatoms. The normalized spacial score (nSPS) is 28.0. The van der Waals surface area contributed by atoms with Crippen LogP contribution in [-0.4, -0.2) is 37.3 Å². The summed E-state index contributed by atoms with van der Waals surface area (Å²) in [4.78, 5) is 13.1. The van der Waals surface area contributed by atoms with Crippen molar-refractivity contribution in [3.8, 4) is 0 Å². The van der Waals surface area contributed by atoms with Crippen molar-refractivity contribution >= 4 is 15.9 Å². The monoisotopic (exact) mass is 364 g/mol. The van der Waals surface area contributed by atoms with Gasteiger partial charge in [-0.25, -0.2) is 8.42 Å². The Morgan fingerprint density at radius 3 is 2.44 bits per heavy atom. The fourth-order valence-electron chi connectivity index (χ4n) is 3.95. The summed E-state index contributed by atoms with van der Waals surface area (Å²) in [7, 11) is -3.63. The molecule has 0 aromatic heterocycles. The molecule has 0 radical (unpaired) electrons. The molecule has 0 unspecified atom stereocenters. The quantitative estimate of drug-likeness (QED) is 0.893. The molecule has 1 aromatic carbocycles. The van der Waals surface area contributed by atoms with Gasteiger partial charge >= 0.3 is 0 Å². The molecule has 25 heavy (non-hydrogen) atoms. The van der Waals surface area contributed by atoms with Crippen LogP contribution in [0.3, 0.4) is 0 Å². The van der Waals surface area contributed by atoms with Gasteiger partial charge in [0.25, 0.3) is 0 Å². The first kappa shape index (κ1) is 18.4. The first-order valence-corrected chi connectivity index (χ1v) is 10.7. The Morgan fingerprint density at radius 2 is 1.76 bits per heavy atom. The molecule has 2 fully saturated rings. The van der Waals surface area contributed by atoms with E-state index >= 15 is 0 Å². The number of benzene rings is 1. The minimum atomic E-state index is -3.63. The van der Waals surface area contributed by atoms with Crippen LogP contribution in [0.25, 0.3) is 0 Å². The summed E-state index contributed by atoms with van der Waals surface area (Å²) in [6, 6.07) is 6.43. The fraction of sp³-hybridized carbons (Fsp3) is 0.632. The Bertz CT molecular complexity index is 715. The van der Waals surface area contributed by atoms with Crippen LogP contribution in [0, 0.1) is 12.8 Å². The number of nitrogens with one attached hydrogen (secondary N) is 1. The second-order valence-electron chi connectivity index (χ2n) is 7.46. The molecule has 0 bridgehead atoms. The largest absolute Gasteiger partial charge is 0.352 e. The lowest BCUT2D eigenvalue weighted by Crippen LogP contribution is -2.50. The summed E-state index contributed by atoms with van der Waals surface area (Å²) in [6.45, 7) is 4.50. The number of carbonyl (C=O) groups excluding carboxylic acids is 1. The second kappa shape index (κ2) is 7.46. The molecule has 2 aliphatic rings. The molecule has 1 saturated carbocycles. The van der Waals surface area contributed by atoms with E-state index in [4.69, 9.17) is 0 Å². The summed E-state index contributed by atoms with van der Waals surface area (Å²) < 4.78 is 27.3. The molecule has 1 aromatic rings. The van der Waals surface area contributed by atoms with E-state index in [9.17, 15) is 13.2 Å². The summed E-state index contributed by atoms with van der Waals surface area (Å²) in [5.41, 5.74) is 1.01. The molecule has 3 atom stereocenters. The van der Waals surface area contributed by atoms with Crippen LogP contribution in [0.5, 0.6) is 0 Å². The highest BCUT2D eigenvalue weighted by molar-refractivity contribution is 7.89. The zero-order valence-corrected chi connectivity index (χ0v) is 15.9. The van der Waals surface area contributed by atoms with E-state index in [0.29, 0.717) is 18.9 Å². The van der Waals surface area contributed by atoms with Crippen molar-refractivity contribution in [2.75, 3.05) is 6.54 Å². The topological polar surface area (TPSA) is 66.5 Å². The minimum absolute atomic E-state index is 0.132. The van der Waals surface area contributed by atoms with Crippen molar-refractivity contribution in [2.45, 2.75) is 69.4 Å². The summed E-state index contributed by atoms with van der Waals surface area (Å²) >= 11 is 0. The lowest BCUT2D eigenvalue weighted by Gasteiger charge is -2.32. The van der Waals surface area contributed by atoms with E-state index in [2.05, 4.69) is 12.2 Å². The Kier molecular flexibility index (Phi) is 5.49. The van der Waals surface area contributed by atoms with Crippen LogP contribution in [0.15, 0.2) is 29.2 Å². The Morgan fingerprint density at radius 1 is 1.08 bits per heavy atom. The van der Waals surface area contributed by atoms with Gasteiger partial charge in [-0.05, 0) is 50.7 Å². The van der Waals surface area contributed by atoms with Crippen molar-refractivity contribution in [3.63, 3.8) is 0 Å². The van der Waals surface area contributed by atoms with Crippen molar-refractivity contribution < 1.29 is 13.2 Å². The van der Waals surface area contributed by atoms with Crippen molar-refractivity contribution in [3.05, 3.63) is 29.8 Å². The van der Waals surface area contributed by atoms with Crippen LogP contribution >= 0.6 is 0 Å². The lowest BCUT2D eigenvalue weighted by molar-refractivity contribution is -0.125. The highest BCUT2D eigenvalue weighted by Crippen LogP contribution is 2.28. The molecule has 1 heterocycles. The van der Waals surface area contributed by atoms with Gasteiger partial charge in [0.05, 0.1) is 4.90 Å². The molecular weight excluding hydrogens is 336 g/mol. The molecule has 138 valence electrons. The number of carbonyl (C=O) groups is 1. The molecule has 1 N–H and O–H groups in total. The van der Waals surface area contributed by atoms with Crippen LogP contribution < -0.4 is 5.32 Å². The van der Waals surface area contributed by atoms with E-state index in [-0.39, 0.29) is 16.8 Å². The number of sulfonamides is 1. The average molecular weight is 365 g/mol. The maximum atomic E-state index is 13.0. The van der Waals surface area contributed by atoms with Gasteiger partial charge in [0.15, 0.2) is 0 Å². The lowest BCUT2D eigenvalue weighted by atomic mass is 9.86. The van der Waals surface area contributed by atoms with Crippen LogP contribution in [-0.2, 0) is 14.8 Å². The van der Waals surface area contributed by atoms with E-state index in [1.165, 1.54) is 10.7 Å². The highest BCUT2D eigenvalue weighted by Gasteiger charge is 2.40. The second-order valence-corrected chi connectivity index (χ2v) is 9.35. The van der Waals surface area contributed by atoms with Crippen molar-refractivity contribution in [1.29, 1.82) is 0 Å². The predicted molar refractivity (Wildman–Crippen MR) is 97.7 cm³/mol. The Hall–Kier alpha value is -1.40. The van der Waals surface area contributed by atoms with Gasteiger partial charge in [0.1, 0.15) is 6.04 Å². The minimum Gasteiger partial charge on any atom is -0.352 e. The van der Waals surface area contributed by atoms with E-state index < -0.39 is 16.1 Å². The summed E-state index contributed by atoms with van der Waals surface area (Å²) in [6.07, 6.45) is 5.78. The zero-order valence-electron chi connectivity index (χ0n) is 15.1. The maximum Gasteiger partial charge on any atom is 0.243 e. The highest BCUT2D eigenvalue weighted by atomic mass is 32.2. The number of rotatable bonds is 4. The van der Waals surface area contributed by atoms with Gasteiger partial charge in [-0.1, -0.05) is 37.5 Å². The van der Waals surface area contributed by atoms with E-state index in [0.717, 1.165) is 31.2 Å². The van der Waals surface area contributed by atoms with Crippen LogP contribution in [0.4, 0.5) is 0 Å². The number of hydrogen-bond acceptors (Lipinski definition) is 3. The molecule has 1 saturated heterocycles. The summed E-state index contributed by atoms with van der Waals surface area (Å²) in [5, 5.41) is 3.13. The number of amides is 1. The van der Waals surface area contributed by atoms with E-state index in [1.807, 2.05) is 6.92 Å². The molecule has 0 spiro atoms. The van der Waals surface area contributed by atoms with Gasteiger partial charge < -0.3 is 5.32 Å². The third-order valence-corrected chi connectivity index (χ3v) is 7.50. The molecule has 1 aliphatic carbocycles. The third kappa shape index (κ3) is 3.90. The number of hydrogen-bond donors (Lipinski definition) is 1. The third-order valence-electron chi connectivity index (χ3n) is 5.57. The first-order valence-electron chi connectivity index (χ1n) is 9.28. The van der Waals surface area contributed by atoms with Gasteiger partial charge in [-0.15, -0.1) is 0 Å². The zero-order chi connectivity index (χ0) is 18.0. The Balaban J connectivity index is 1.75. The van der Waals surface area contributed by atoms with Gasteiger partial charge in [0.2, 0.25) is 15.9 Å². The molecule has 3 rings (SSSR count). The Labute approximate surface area is 150 Å². The van der Waals surface area contributed by atoms with Crippen LogP contribution in [0.2, 0.25) is 0 Å². The number of aryl methyl sites for hydroxylation is 1. The summed E-state index contributed by atoms with van der Waals surface area (Å²) in [5.74, 6) is 0.327. The standard InChI is InChI=1S/C19H28N2O3S/c1-14-9-11-16(12-10-14)25(23,24)21-13-5-8-18(21)19(22)20-17-7-4-3-6-15(17)2/h9-12,15,17-18H,3-8,13H2,1-2H3,(H,20,22)/t15-,17-,18+/m0/s1. The van der Waals surface area contributed by atoms with Crippen molar-refractivity contribution in [2.24, 2.45) is 5.92 Å². The smallest absolute Gasteiger partial charge is 0.243 e. The van der Waals surface area contributed by atoms with E-state index in [1.54, 1.807) is 24.3 Å². The molecule has 5 nitrogen and oxygen atoms in total. The van der Waals surface area contributed by atoms with Gasteiger partial charge in [0, 0.05) is 12.6 Å². The molecular formula is C19H28N2O3S. The van der Waals surface area contributed by atoms with Crippen molar-refractivity contribution in [1.82, 2.24) is 9.62 Å². The average Bonchev–Trinajstić information content (AvgIpc) is 3.08. The first-order chi connectivity index (χ1) is 11.9. The molecule has 1 aliphatic heterocycles. The van der Waals surface area contributed by atoms with Gasteiger partial charge in [-0.2, -0.15) is 4.31 Å². The number of nitrogens with zero attached hydrogens (tertiary/aromatic N) is 1. The predicted octanol–water partition coefficient (Wildman–Crippen LogP) is 2.84. The fourth-order valence-corrected chi connectivity index (χ4v) is 5.60.